The zero-order valence-corrected chi connectivity index (χ0v) is 12.5. The van der Waals surface area contributed by atoms with Crippen LogP contribution in [0.1, 0.15) is 28.4 Å². The van der Waals surface area contributed by atoms with E-state index in [0.29, 0.717) is 30.0 Å². The smallest absolute Gasteiger partial charge is 0.256 e. The first-order valence-electron chi connectivity index (χ1n) is 7.01. The molecule has 0 fully saturated rings. The summed E-state index contributed by atoms with van der Waals surface area (Å²) in [6, 6.07) is 13.2. The molecule has 2 rings (SSSR count). The highest BCUT2D eigenvalue weighted by molar-refractivity contribution is 5.99. The molecule has 21 heavy (non-hydrogen) atoms. The van der Waals surface area contributed by atoms with E-state index in [4.69, 9.17) is 11.5 Å². The normalized spacial score (nSPS) is 10.4. The quantitative estimate of drug-likeness (QED) is 0.847. The molecule has 0 radical (unpaired) electrons. The maximum atomic E-state index is 12.6. The number of benzene rings is 2. The first-order valence-corrected chi connectivity index (χ1v) is 7.01. The van der Waals surface area contributed by atoms with Gasteiger partial charge in [0.1, 0.15) is 0 Å². The highest BCUT2D eigenvalue weighted by Gasteiger charge is 2.17. The third-order valence-electron chi connectivity index (χ3n) is 3.43. The van der Waals surface area contributed by atoms with Crippen LogP contribution in [-0.4, -0.2) is 17.4 Å². The van der Waals surface area contributed by atoms with Gasteiger partial charge in [0.15, 0.2) is 0 Å². The number of nitrogens with zero attached hydrogens (tertiary/aromatic N) is 1. The lowest BCUT2D eigenvalue weighted by Gasteiger charge is -2.22. The molecule has 0 spiro atoms. The lowest BCUT2D eigenvalue weighted by atomic mass is 10.1. The summed E-state index contributed by atoms with van der Waals surface area (Å²) in [6.07, 6.45) is 0. The Morgan fingerprint density at radius 3 is 2.52 bits per heavy atom. The monoisotopic (exact) mass is 283 g/mol. The van der Waals surface area contributed by atoms with Crippen molar-refractivity contribution in [1.29, 1.82) is 0 Å². The van der Waals surface area contributed by atoms with E-state index < -0.39 is 0 Å². The molecule has 0 aliphatic rings. The average molecular weight is 283 g/mol. The van der Waals surface area contributed by atoms with E-state index in [-0.39, 0.29) is 5.91 Å². The first kappa shape index (κ1) is 14.9. The van der Waals surface area contributed by atoms with Gasteiger partial charge >= 0.3 is 0 Å². The third kappa shape index (κ3) is 3.54. The second-order valence-electron chi connectivity index (χ2n) is 5.16. The SMILES string of the molecule is CCN(Cc1cccc(C)c1)C(=O)c1ccc(N)cc1N. The Labute approximate surface area is 125 Å². The van der Waals surface area contributed by atoms with Gasteiger partial charge < -0.3 is 16.4 Å². The summed E-state index contributed by atoms with van der Waals surface area (Å²) in [5.41, 5.74) is 15.3. The van der Waals surface area contributed by atoms with Crippen molar-refractivity contribution in [2.24, 2.45) is 0 Å². The molecule has 0 atom stereocenters. The fourth-order valence-corrected chi connectivity index (χ4v) is 2.30. The number of nitrogens with two attached hydrogens (primary N) is 2. The van der Waals surface area contributed by atoms with Gasteiger partial charge in [-0.15, -0.1) is 0 Å². The number of hydrogen-bond donors (Lipinski definition) is 2. The van der Waals surface area contributed by atoms with E-state index >= 15 is 0 Å². The highest BCUT2D eigenvalue weighted by Crippen LogP contribution is 2.19. The molecule has 1 amide bonds. The van der Waals surface area contributed by atoms with E-state index in [0.717, 1.165) is 5.56 Å². The summed E-state index contributed by atoms with van der Waals surface area (Å²) in [5, 5.41) is 0. The molecule has 0 saturated heterocycles. The van der Waals surface area contributed by atoms with Crippen LogP contribution >= 0.6 is 0 Å². The number of anilines is 2. The maximum Gasteiger partial charge on any atom is 0.256 e. The van der Waals surface area contributed by atoms with Crippen LogP contribution < -0.4 is 11.5 Å². The van der Waals surface area contributed by atoms with Crippen LogP contribution in [0.5, 0.6) is 0 Å². The zero-order valence-electron chi connectivity index (χ0n) is 12.5. The Morgan fingerprint density at radius 1 is 1.14 bits per heavy atom. The number of aryl methyl sites for hydroxylation is 1. The number of hydrogen-bond acceptors (Lipinski definition) is 3. The van der Waals surface area contributed by atoms with Gasteiger partial charge in [-0.25, -0.2) is 0 Å². The molecule has 4 heteroatoms. The van der Waals surface area contributed by atoms with Gasteiger partial charge in [0.25, 0.3) is 5.91 Å². The van der Waals surface area contributed by atoms with Gasteiger partial charge in [0.05, 0.1) is 5.56 Å². The standard InChI is InChI=1S/C17H21N3O/c1-3-20(11-13-6-4-5-12(2)9-13)17(21)15-8-7-14(18)10-16(15)19/h4-10H,3,11,18-19H2,1-2H3. The molecular formula is C17H21N3O. The molecule has 0 unspecified atom stereocenters. The Bertz CT molecular complexity index is 652. The minimum Gasteiger partial charge on any atom is -0.399 e. The van der Waals surface area contributed by atoms with Crippen LogP contribution in [0.3, 0.4) is 0 Å². The Hall–Kier alpha value is -2.49. The lowest BCUT2D eigenvalue weighted by Crippen LogP contribution is -2.30. The first-order chi connectivity index (χ1) is 10.0. The zero-order chi connectivity index (χ0) is 15.4. The maximum absolute atomic E-state index is 12.6. The predicted octanol–water partition coefficient (Wildman–Crippen LogP) is 2.82. The molecule has 0 aliphatic heterocycles. The van der Waals surface area contributed by atoms with Gasteiger partial charge in [0, 0.05) is 24.5 Å². The number of carbonyl (C=O) groups excluding carboxylic acids is 1. The van der Waals surface area contributed by atoms with Crippen molar-refractivity contribution in [3.8, 4) is 0 Å². The van der Waals surface area contributed by atoms with E-state index in [9.17, 15) is 4.79 Å². The van der Waals surface area contributed by atoms with E-state index in [1.807, 2.05) is 32.0 Å². The van der Waals surface area contributed by atoms with Crippen LogP contribution in [0.2, 0.25) is 0 Å². The summed E-state index contributed by atoms with van der Waals surface area (Å²) in [7, 11) is 0. The molecule has 0 bridgehead atoms. The third-order valence-corrected chi connectivity index (χ3v) is 3.43. The van der Waals surface area contributed by atoms with E-state index in [2.05, 4.69) is 6.07 Å². The van der Waals surface area contributed by atoms with Crippen LogP contribution in [-0.2, 0) is 6.54 Å². The largest absolute Gasteiger partial charge is 0.399 e. The van der Waals surface area contributed by atoms with Gasteiger partial charge in [-0.1, -0.05) is 29.8 Å². The molecule has 0 aromatic heterocycles. The Balaban J connectivity index is 2.22. The Kier molecular flexibility index (Phi) is 4.48. The van der Waals surface area contributed by atoms with E-state index in [1.165, 1.54) is 5.56 Å². The summed E-state index contributed by atoms with van der Waals surface area (Å²) in [6.45, 7) is 5.19. The van der Waals surface area contributed by atoms with Crippen molar-refractivity contribution in [3.63, 3.8) is 0 Å². The van der Waals surface area contributed by atoms with Crippen LogP contribution in [0, 0.1) is 6.92 Å². The summed E-state index contributed by atoms with van der Waals surface area (Å²) >= 11 is 0. The molecule has 0 saturated carbocycles. The second-order valence-corrected chi connectivity index (χ2v) is 5.16. The molecule has 4 nitrogen and oxygen atoms in total. The van der Waals surface area contributed by atoms with Crippen molar-refractivity contribution in [2.75, 3.05) is 18.0 Å². The topological polar surface area (TPSA) is 72.3 Å². The van der Waals surface area contributed by atoms with Crippen molar-refractivity contribution in [3.05, 3.63) is 59.2 Å². The fourth-order valence-electron chi connectivity index (χ4n) is 2.30. The summed E-state index contributed by atoms with van der Waals surface area (Å²) < 4.78 is 0. The fraction of sp³-hybridized carbons (Fsp3) is 0.235. The molecule has 4 N–H and O–H groups in total. The van der Waals surface area contributed by atoms with Gasteiger partial charge in [0.2, 0.25) is 0 Å². The minimum absolute atomic E-state index is 0.0727. The Morgan fingerprint density at radius 2 is 1.90 bits per heavy atom. The van der Waals surface area contributed by atoms with Crippen LogP contribution in [0.4, 0.5) is 11.4 Å². The van der Waals surface area contributed by atoms with Crippen molar-refractivity contribution >= 4 is 17.3 Å². The van der Waals surface area contributed by atoms with E-state index in [1.54, 1.807) is 23.1 Å². The number of carbonyl (C=O) groups is 1. The number of nitrogen functional groups attached to an aromatic ring is 2. The average Bonchev–Trinajstić information content (AvgIpc) is 2.44. The molecule has 2 aromatic rings. The molecule has 2 aromatic carbocycles. The van der Waals surface area contributed by atoms with Gasteiger partial charge in [-0.3, -0.25) is 4.79 Å². The summed E-state index contributed by atoms with van der Waals surface area (Å²) in [4.78, 5) is 14.4. The minimum atomic E-state index is -0.0727. The van der Waals surface area contributed by atoms with Crippen LogP contribution in [0.15, 0.2) is 42.5 Å². The van der Waals surface area contributed by atoms with Crippen molar-refractivity contribution in [1.82, 2.24) is 4.90 Å². The number of amides is 1. The second kappa shape index (κ2) is 6.31. The van der Waals surface area contributed by atoms with Crippen molar-refractivity contribution < 1.29 is 4.79 Å². The molecular weight excluding hydrogens is 262 g/mol. The lowest BCUT2D eigenvalue weighted by molar-refractivity contribution is 0.0753. The van der Waals surface area contributed by atoms with Crippen molar-refractivity contribution in [2.45, 2.75) is 20.4 Å². The van der Waals surface area contributed by atoms with Gasteiger partial charge in [-0.05, 0) is 37.6 Å². The molecule has 0 heterocycles. The van der Waals surface area contributed by atoms with Crippen LogP contribution in [0.25, 0.3) is 0 Å². The highest BCUT2D eigenvalue weighted by atomic mass is 16.2. The van der Waals surface area contributed by atoms with Gasteiger partial charge in [-0.2, -0.15) is 0 Å². The predicted molar refractivity (Wildman–Crippen MR) is 86.9 cm³/mol. The molecule has 0 aliphatic carbocycles. The summed E-state index contributed by atoms with van der Waals surface area (Å²) in [5.74, 6) is -0.0727. The molecule has 110 valence electrons. The number of rotatable bonds is 4.